The summed E-state index contributed by atoms with van der Waals surface area (Å²) in [5.74, 6) is -1.16. The van der Waals surface area contributed by atoms with Crippen molar-refractivity contribution in [2.24, 2.45) is 0 Å². The van der Waals surface area contributed by atoms with Gasteiger partial charge in [0.2, 0.25) is 0 Å². The summed E-state index contributed by atoms with van der Waals surface area (Å²) in [5, 5.41) is 10.5. The predicted molar refractivity (Wildman–Crippen MR) is 87.0 cm³/mol. The van der Waals surface area contributed by atoms with Gasteiger partial charge in [0.05, 0.1) is 6.04 Å². The monoisotopic (exact) mass is 333 g/mol. The van der Waals surface area contributed by atoms with Crippen molar-refractivity contribution in [1.29, 1.82) is 0 Å². The maximum Gasteiger partial charge on any atom is 0.342 e. The highest BCUT2D eigenvalue weighted by molar-refractivity contribution is 5.90. The molecule has 0 aliphatic carbocycles. The fourth-order valence-electron chi connectivity index (χ4n) is 3.47. The fourth-order valence-corrected chi connectivity index (χ4v) is 3.47. The molecule has 2 saturated heterocycles. The number of rotatable bonds is 0. The highest BCUT2D eigenvalue weighted by Gasteiger charge is 2.44. The lowest BCUT2D eigenvalue weighted by molar-refractivity contribution is -0.160. The Bertz CT molecular complexity index is 646. The normalized spacial score (nSPS) is 36.5. The van der Waals surface area contributed by atoms with Gasteiger partial charge in [-0.2, -0.15) is 0 Å². The van der Waals surface area contributed by atoms with Gasteiger partial charge in [-0.3, -0.25) is 4.90 Å². The molecular weight excluding hydrogens is 310 g/mol. The maximum absolute atomic E-state index is 12.5. The van der Waals surface area contributed by atoms with E-state index in [2.05, 4.69) is 11.5 Å². The Labute approximate surface area is 141 Å². The lowest BCUT2D eigenvalue weighted by Gasteiger charge is -2.28. The molecular formula is C18H23NO5. The van der Waals surface area contributed by atoms with Crippen LogP contribution >= 0.6 is 0 Å². The summed E-state index contributed by atoms with van der Waals surface area (Å²) in [6, 6.07) is -0.0487. The molecule has 0 bridgehead atoms. The highest BCUT2D eigenvalue weighted by Crippen LogP contribution is 2.33. The van der Waals surface area contributed by atoms with Crippen LogP contribution in [0.3, 0.4) is 0 Å². The first kappa shape index (κ1) is 16.9. The molecule has 0 aromatic carbocycles. The Morgan fingerprint density at radius 1 is 1.46 bits per heavy atom. The van der Waals surface area contributed by atoms with Gasteiger partial charge in [-0.25, -0.2) is 9.59 Å². The van der Waals surface area contributed by atoms with Crippen molar-refractivity contribution in [1.82, 2.24) is 4.90 Å². The van der Waals surface area contributed by atoms with Gasteiger partial charge in [-0.15, -0.1) is 0 Å². The number of esters is 2. The van der Waals surface area contributed by atoms with Gasteiger partial charge >= 0.3 is 11.9 Å². The second-order valence-electron chi connectivity index (χ2n) is 6.69. The molecule has 3 atom stereocenters. The smallest absolute Gasteiger partial charge is 0.342 e. The van der Waals surface area contributed by atoms with Crippen molar-refractivity contribution in [2.45, 2.75) is 44.4 Å². The van der Waals surface area contributed by atoms with Crippen LogP contribution in [0.25, 0.3) is 0 Å². The van der Waals surface area contributed by atoms with E-state index in [1.54, 1.807) is 13.0 Å². The molecule has 3 aliphatic heterocycles. The molecule has 3 aliphatic rings. The predicted octanol–water partition coefficient (Wildman–Crippen LogP) is 1.11. The molecule has 3 heterocycles. The maximum atomic E-state index is 12.5. The number of allylic oxidation sites excluding steroid dienone is 1. The summed E-state index contributed by atoms with van der Waals surface area (Å²) in [6.45, 7) is 8.53. The minimum Gasteiger partial charge on any atom is -0.459 e. The van der Waals surface area contributed by atoms with Gasteiger partial charge < -0.3 is 14.6 Å². The first-order chi connectivity index (χ1) is 11.3. The topological polar surface area (TPSA) is 76.1 Å². The van der Waals surface area contributed by atoms with Gasteiger partial charge in [-0.1, -0.05) is 18.7 Å². The van der Waals surface area contributed by atoms with Crippen molar-refractivity contribution in [3.8, 4) is 0 Å². The van der Waals surface area contributed by atoms with Crippen LogP contribution in [0.15, 0.2) is 35.5 Å². The van der Waals surface area contributed by atoms with E-state index in [1.165, 1.54) is 6.92 Å². The van der Waals surface area contributed by atoms with Crippen LogP contribution < -0.4 is 0 Å². The summed E-state index contributed by atoms with van der Waals surface area (Å²) < 4.78 is 11.1. The summed E-state index contributed by atoms with van der Waals surface area (Å²) >= 11 is 0. The van der Waals surface area contributed by atoms with Gasteiger partial charge in [0.25, 0.3) is 0 Å². The average molecular weight is 333 g/mol. The molecule has 6 heteroatoms. The van der Waals surface area contributed by atoms with Crippen LogP contribution in [0.5, 0.6) is 0 Å². The lowest BCUT2D eigenvalue weighted by atomic mass is 9.91. The van der Waals surface area contributed by atoms with E-state index < -0.39 is 17.5 Å². The quantitative estimate of drug-likeness (QED) is 0.407. The molecule has 130 valence electrons. The van der Waals surface area contributed by atoms with Gasteiger partial charge in [-0.05, 0) is 31.4 Å². The number of hydrogen-bond acceptors (Lipinski definition) is 6. The van der Waals surface area contributed by atoms with Gasteiger partial charge in [0.1, 0.15) is 12.7 Å². The zero-order valence-corrected chi connectivity index (χ0v) is 14.1. The Morgan fingerprint density at radius 3 is 2.92 bits per heavy atom. The van der Waals surface area contributed by atoms with E-state index in [4.69, 9.17) is 9.47 Å². The minimum atomic E-state index is -1.85. The molecule has 24 heavy (non-hydrogen) atoms. The number of carbonyl (C=O) groups excluding carboxylic acids is 2. The summed E-state index contributed by atoms with van der Waals surface area (Å²) in [5.41, 5.74) is -0.330. The SMILES string of the molecule is C=C1CC(=CC)C(=O)O[C@@H]2CCN3CC=C(COC(=O)[C@]1(C)O)[C@H]23. The van der Waals surface area contributed by atoms with Crippen LogP contribution in [0, 0.1) is 0 Å². The second-order valence-corrected chi connectivity index (χ2v) is 6.69. The second kappa shape index (κ2) is 6.18. The molecule has 0 unspecified atom stereocenters. The standard InChI is InChI=1S/C18H23NO5/c1-4-12-9-11(2)18(3,22)17(21)23-10-13-5-7-19-8-6-14(15(13)19)24-16(12)20/h4-5,14-15,22H,2,6-10H2,1,3H3/t14-,15-,18-/m1/s1. The van der Waals surface area contributed by atoms with E-state index in [1.807, 2.05) is 6.08 Å². The summed E-state index contributed by atoms with van der Waals surface area (Å²) in [7, 11) is 0. The number of nitrogens with zero attached hydrogens (tertiary/aromatic N) is 1. The Hall–Kier alpha value is -1.92. The molecule has 3 rings (SSSR count). The first-order valence-corrected chi connectivity index (χ1v) is 8.21. The molecule has 1 N–H and O–H groups in total. The van der Waals surface area contributed by atoms with Crippen LogP contribution in [-0.4, -0.2) is 59.4 Å². The molecule has 0 spiro atoms. The first-order valence-electron chi connectivity index (χ1n) is 8.21. The van der Waals surface area contributed by atoms with Crippen LogP contribution in [0.4, 0.5) is 0 Å². The van der Waals surface area contributed by atoms with Crippen molar-refractivity contribution in [3.63, 3.8) is 0 Å². The molecule has 6 nitrogen and oxygen atoms in total. The number of aliphatic hydroxyl groups is 1. The van der Waals surface area contributed by atoms with E-state index in [9.17, 15) is 14.7 Å². The zero-order valence-electron chi connectivity index (χ0n) is 14.1. The third-order valence-corrected chi connectivity index (χ3v) is 5.14. The molecule has 0 radical (unpaired) electrons. The molecule has 0 saturated carbocycles. The largest absolute Gasteiger partial charge is 0.459 e. The van der Waals surface area contributed by atoms with Crippen LogP contribution in [0.2, 0.25) is 0 Å². The van der Waals surface area contributed by atoms with Crippen molar-refractivity contribution in [3.05, 3.63) is 35.5 Å². The number of carbonyl (C=O) groups is 2. The van der Waals surface area contributed by atoms with Gasteiger partial charge in [0, 0.05) is 25.1 Å². The third-order valence-electron chi connectivity index (χ3n) is 5.14. The van der Waals surface area contributed by atoms with E-state index in [0.29, 0.717) is 5.57 Å². The Kier molecular flexibility index (Phi) is 4.36. The average Bonchev–Trinajstić information content (AvgIpc) is 3.12. The molecule has 0 aromatic heterocycles. The number of ether oxygens (including phenoxy) is 2. The van der Waals surface area contributed by atoms with E-state index in [-0.39, 0.29) is 30.7 Å². The van der Waals surface area contributed by atoms with Crippen molar-refractivity contribution >= 4 is 11.9 Å². The summed E-state index contributed by atoms with van der Waals surface area (Å²) in [4.78, 5) is 27.0. The van der Waals surface area contributed by atoms with Gasteiger partial charge in [0.15, 0.2) is 5.60 Å². The molecule has 0 amide bonds. The van der Waals surface area contributed by atoms with Crippen LogP contribution in [0.1, 0.15) is 26.7 Å². The van der Waals surface area contributed by atoms with E-state index >= 15 is 0 Å². The Morgan fingerprint density at radius 2 is 2.21 bits per heavy atom. The summed E-state index contributed by atoms with van der Waals surface area (Å²) in [6.07, 6.45) is 4.23. The highest BCUT2D eigenvalue weighted by atomic mass is 16.6. The van der Waals surface area contributed by atoms with E-state index in [0.717, 1.165) is 25.1 Å². The van der Waals surface area contributed by atoms with Crippen molar-refractivity contribution in [2.75, 3.05) is 19.7 Å². The zero-order chi connectivity index (χ0) is 17.5. The lowest BCUT2D eigenvalue weighted by Crippen LogP contribution is -2.42. The Balaban J connectivity index is 1.92. The third kappa shape index (κ3) is 2.80. The number of hydrogen-bond donors (Lipinski definition) is 1. The molecule has 2 fully saturated rings. The minimum absolute atomic E-state index is 0.0487. The molecule has 0 aromatic rings. The van der Waals surface area contributed by atoms with Crippen molar-refractivity contribution < 1.29 is 24.2 Å². The number of cyclic esters (lactones) is 1. The van der Waals surface area contributed by atoms with Crippen LogP contribution in [-0.2, 0) is 19.1 Å². The fraction of sp³-hybridized carbons (Fsp3) is 0.556.